The van der Waals surface area contributed by atoms with Crippen molar-refractivity contribution in [2.75, 3.05) is 20.6 Å². The van der Waals surface area contributed by atoms with E-state index in [9.17, 15) is 14.0 Å². The monoisotopic (exact) mass is 314 g/mol. The highest BCUT2D eigenvalue weighted by atomic mass is 79.9. The first kappa shape index (κ1) is 13.0. The Bertz CT molecular complexity index is 531. The quantitative estimate of drug-likeness (QED) is 0.832. The molecule has 0 unspecified atom stereocenters. The molecule has 0 atom stereocenters. The Labute approximate surface area is 112 Å². The molecule has 6 heteroatoms. The molecule has 2 rings (SSSR count). The van der Waals surface area contributed by atoms with Gasteiger partial charge in [0.15, 0.2) is 0 Å². The standard InChI is InChI=1S/C12H12BrFN2O2/c1-15(2)11(17)6-16-5-9-8(12(16)18)3-7(13)4-10(9)14/h3-4H,5-6H2,1-2H3. The molecule has 0 aliphatic carbocycles. The van der Waals surface area contributed by atoms with Crippen molar-refractivity contribution in [3.8, 4) is 0 Å². The molecule has 0 N–H and O–H groups in total. The summed E-state index contributed by atoms with van der Waals surface area (Å²) in [6, 6.07) is 2.91. The van der Waals surface area contributed by atoms with E-state index >= 15 is 0 Å². The van der Waals surface area contributed by atoms with Gasteiger partial charge in [-0.25, -0.2) is 4.39 Å². The molecule has 0 aromatic heterocycles. The fraction of sp³-hybridized carbons (Fsp3) is 0.333. The molecule has 4 nitrogen and oxygen atoms in total. The lowest BCUT2D eigenvalue weighted by molar-refractivity contribution is -0.129. The molecule has 1 aliphatic rings. The van der Waals surface area contributed by atoms with E-state index in [1.807, 2.05) is 0 Å². The van der Waals surface area contributed by atoms with Gasteiger partial charge in [-0.1, -0.05) is 15.9 Å². The Balaban J connectivity index is 2.26. The Morgan fingerprint density at radius 1 is 1.50 bits per heavy atom. The zero-order valence-electron chi connectivity index (χ0n) is 10.0. The van der Waals surface area contributed by atoms with Gasteiger partial charge in [0.05, 0.1) is 6.54 Å². The summed E-state index contributed by atoms with van der Waals surface area (Å²) in [4.78, 5) is 26.4. The van der Waals surface area contributed by atoms with Crippen LogP contribution in [0.25, 0.3) is 0 Å². The van der Waals surface area contributed by atoms with Crippen molar-refractivity contribution in [1.82, 2.24) is 9.80 Å². The number of rotatable bonds is 2. The summed E-state index contributed by atoms with van der Waals surface area (Å²) in [6.07, 6.45) is 0. The Morgan fingerprint density at radius 2 is 2.17 bits per heavy atom. The number of amides is 2. The van der Waals surface area contributed by atoms with Crippen molar-refractivity contribution in [2.24, 2.45) is 0 Å². The van der Waals surface area contributed by atoms with E-state index < -0.39 is 5.82 Å². The van der Waals surface area contributed by atoms with Crippen molar-refractivity contribution in [3.63, 3.8) is 0 Å². The minimum atomic E-state index is -0.424. The summed E-state index contributed by atoms with van der Waals surface area (Å²) < 4.78 is 14.2. The highest BCUT2D eigenvalue weighted by molar-refractivity contribution is 9.10. The van der Waals surface area contributed by atoms with E-state index in [1.165, 1.54) is 15.9 Å². The smallest absolute Gasteiger partial charge is 0.255 e. The van der Waals surface area contributed by atoms with E-state index in [0.29, 0.717) is 15.6 Å². The van der Waals surface area contributed by atoms with Gasteiger partial charge in [0.1, 0.15) is 12.4 Å². The summed E-state index contributed by atoms with van der Waals surface area (Å²) in [5.74, 6) is -0.913. The Kier molecular flexibility index (Phi) is 3.38. The average Bonchev–Trinajstić information content (AvgIpc) is 2.57. The first-order valence-electron chi connectivity index (χ1n) is 5.37. The molecular formula is C12H12BrFN2O2. The maximum atomic E-state index is 13.7. The van der Waals surface area contributed by atoms with Gasteiger partial charge in [-0.05, 0) is 12.1 Å². The molecule has 1 aromatic rings. The van der Waals surface area contributed by atoms with E-state index in [2.05, 4.69) is 15.9 Å². The number of nitrogens with zero attached hydrogens (tertiary/aromatic N) is 2. The molecule has 0 bridgehead atoms. The second kappa shape index (κ2) is 4.68. The number of fused-ring (bicyclic) bond motifs is 1. The second-order valence-electron chi connectivity index (χ2n) is 4.36. The molecule has 0 radical (unpaired) electrons. The minimum Gasteiger partial charge on any atom is -0.347 e. The topological polar surface area (TPSA) is 40.6 Å². The molecule has 0 saturated carbocycles. The molecule has 2 amide bonds. The Hall–Kier alpha value is -1.43. The maximum Gasteiger partial charge on any atom is 0.255 e. The normalized spacial score (nSPS) is 13.8. The van der Waals surface area contributed by atoms with Crippen LogP contribution in [-0.2, 0) is 11.3 Å². The summed E-state index contributed by atoms with van der Waals surface area (Å²) >= 11 is 3.15. The fourth-order valence-corrected chi connectivity index (χ4v) is 2.25. The lowest BCUT2D eigenvalue weighted by Gasteiger charge is -2.17. The molecule has 1 aliphatic heterocycles. The molecule has 18 heavy (non-hydrogen) atoms. The van der Waals surface area contributed by atoms with Crippen LogP contribution in [0.2, 0.25) is 0 Å². The van der Waals surface area contributed by atoms with Crippen LogP contribution < -0.4 is 0 Å². The molecule has 0 fully saturated rings. The third kappa shape index (κ3) is 2.25. The first-order valence-corrected chi connectivity index (χ1v) is 6.17. The van der Waals surface area contributed by atoms with E-state index in [0.717, 1.165) is 0 Å². The fourth-order valence-electron chi connectivity index (χ4n) is 1.82. The van der Waals surface area contributed by atoms with Crippen LogP contribution in [-0.4, -0.2) is 42.3 Å². The van der Waals surface area contributed by atoms with Crippen LogP contribution in [0, 0.1) is 5.82 Å². The number of carbonyl (C=O) groups excluding carboxylic acids is 2. The number of benzene rings is 1. The predicted octanol–water partition coefficient (Wildman–Crippen LogP) is 1.63. The number of hydrogen-bond donors (Lipinski definition) is 0. The zero-order chi connectivity index (χ0) is 13.4. The van der Waals surface area contributed by atoms with Gasteiger partial charge in [0.25, 0.3) is 5.91 Å². The maximum absolute atomic E-state index is 13.7. The summed E-state index contributed by atoms with van der Waals surface area (Å²) in [5, 5.41) is 0. The third-order valence-corrected chi connectivity index (χ3v) is 3.31. The van der Waals surface area contributed by atoms with Crippen LogP contribution in [0.15, 0.2) is 16.6 Å². The van der Waals surface area contributed by atoms with Gasteiger partial charge < -0.3 is 9.80 Å². The molecule has 1 aromatic carbocycles. The Morgan fingerprint density at radius 3 is 2.78 bits per heavy atom. The summed E-state index contributed by atoms with van der Waals surface area (Å²) in [7, 11) is 3.24. The van der Waals surface area contributed by atoms with Gasteiger partial charge in [-0.15, -0.1) is 0 Å². The average molecular weight is 315 g/mol. The van der Waals surface area contributed by atoms with Gasteiger partial charge in [0.2, 0.25) is 5.91 Å². The van der Waals surface area contributed by atoms with E-state index in [4.69, 9.17) is 0 Å². The largest absolute Gasteiger partial charge is 0.347 e. The van der Waals surface area contributed by atoms with Crippen molar-refractivity contribution < 1.29 is 14.0 Å². The van der Waals surface area contributed by atoms with Gasteiger partial charge >= 0.3 is 0 Å². The van der Waals surface area contributed by atoms with Crippen LogP contribution in [0.5, 0.6) is 0 Å². The molecule has 96 valence electrons. The van der Waals surface area contributed by atoms with Crippen molar-refractivity contribution in [2.45, 2.75) is 6.54 Å². The lowest BCUT2D eigenvalue weighted by Crippen LogP contribution is -2.36. The zero-order valence-corrected chi connectivity index (χ0v) is 11.6. The highest BCUT2D eigenvalue weighted by Gasteiger charge is 2.31. The van der Waals surface area contributed by atoms with Crippen LogP contribution in [0.1, 0.15) is 15.9 Å². The van der Waals surface area contributed by atoms with Crippen LogP contribution in [0.3, 0.4) is 0 Å². The van der Waals surface area contributed by atoms with Crippen molar-refractivity contribution >= 4 is 27.7 Å². The van der Waals surface area contributed by atoms with Gasteiger partial charge in [0, 0.05) is 29.7 Å². The van der Waals surface area contributed by atoms with Crippen molar-refractivity contribution in [3.05, 3.63) is 33.5 Å². The third-order valence-electron chi connectivity index (χ3n) is 2.85. The number of halogens is 2. The highest BCUT2D eigenvalue weighted by Crippen LogP contribution is 2.28. The summed E-state index contributed by atoms with van der Waals surface area (Å²) in [5.41, 5.74) is 0.684. The van der Waals surface area contributed by atoms with E-state index in [-0.39, 0.29) is 24.9 Å². The minimum absolute atomic E-state index is 0.0302. The molecule has 0 saturated heterocycles. The number of hydrogen-bond acceptors (Lipinski definition) is 2. The van der Waals surface area contributed by atoms with Gasteiger partial charge in [-0.2, -0.15) is 0 Å². The van der Waals surface area contributed by atoms with Crippen LogP contribution in [0.4, 0.5) is 4.39 Å². The second-order valence-corrected chi connectivity index (χ2v) is 5.28. The molecule has 1 heterocycles. The summed E-state index contributed by atoms with van der Waals surface area (Å²) in [6.45, 7) is 0.116. The molecule has 0 spiro atoms. The predicted molar refractivity (Wildman–Crippen MR) is 67.5 cm³/mol. The van der Waals surface area contributed by atoms with Crippen LogP contribution >= 0.6 is 15.9 Å². The first-order chi connectivity index (χ1) is 8.40. The van der Waals surface area contributed by atoms with E-state index in [1.54, 1.807) is 20.2 Å². The van der Waals surface area contributed by atoms with Gasteiger partial charge in [-0.3, -0.25) is 9.59 Å². The van der Waals surface area contributed by atoms with Crippen molar-refractivity contribution in [1.29, 1.82) is 0 Å². The SMILES string of the molecule is CN(C)C(=O)CN1Cc2c(F)cc(Br)cc2C1=O. The number of carbonyl (C=O) groups is 2. The molecular weight excluding hydrogens is 303 g/mol. The number of likely N-dealkylation sites (N-methyl/N-ethyl adjacent to an activating group) is 1. The lowest BCUT2D eigenvalue weighted by atomic mass is 10.1.